The Hall–Kier alpha value is -0.650. The molecular formula is C17H20ClIN2. The van der Waals surface area contributed by atoms with Gasteiger partial charge in [-0.25, -0.2) is 0 Å². The zero-order chi connectivity index (χ0) is 15.2. The number of nitrogens with one attached hydrogen (secondary N) is 1. The minimum absolute atomic E-state index is 0.275. The molecule has 0 amide bonds. The van der Waals surface area contributed by atoms with E-state index in [4.69, 9.17) is 11.6 Å². The molecule has 0 saturated carbocycles. The van der Waals surface area contributed by atoms with Gasteiger partial charge in [0, 0.05) is 22.0 Å². The molecular weight excluding hydrogens is 395 g/mol. The average Bonchev–Trinajstić information content (AvgIpc) is 2.48. The van der Waals surface area contributed by atoms with Crippen molar-refractivity contribution < 1.29 is 0 Å². The Kier molecular flexibility index (Phi) is 6.45. The first-order valence-electron chi connectivity index (χ1n) is 7.20. The minimum atomic E-state index is 0.275. The van der Waals surface area contributed by atoms with Gasteiger partial charge >= 0.3 is 0 Å². The van der Waals surface area contributed by atoms with Crippen LogP contribution in [0, 0.1) is 10.5 Å². The first kappa shape index (κ1) is 16.7. The standard InChI is InChI=1S/C17H20ClIN2/c1-3-8-21-16(10-13-7-9-20-11-15(13)18)14-6-4-5-12(2)17(14)19/h4-7,9,11,16,21H,3,8,10H2,1-2H3. The molecule has 1 aromatic heterocycles. The van der Waals surface area contributed by atoms with Crippen molar-refractivity contribution in [3.63, 3.8) is 0 Å². The van der Waals surface area contributed by atoms with Crippen LogP contribution in [-0.2, 0) is 6.42 Å². The predicted molar refractivity (Wildman–Crippen MR) is 97.9 cm³/mol. The van der Waals surface area contributed by atoms with Gasteiger partial charge in [-0.3, -0.25) is 4.98 Å². The van der Waals surface area contributed by atoms with Gasteiger partial charge in [-0.1, -0.05) is 36.7 Å². The lowest BCUT2D eigenvalue weighted by molar-refractivity contribution is 0.527. The highest BCUT2D eigenvalue weighted by molar-refractivity contribution is 14.1. The van der Waals surface area contributed by atoms with Crippen LogP contribution >= 0.6 is 34.2 Å². The molecule has 21 heavy (non-hydrogen) atoms. The van der Waals surface area contributed by atoms with Crippen molar-refractivity contribution in [3.05, 3.63) is 61.9 Å². The van der Waals surface area contributed by atoms with E-state index in [0.717, 1.165) is 30.0 Å². The van der Waals surface area contributed by atoms with Gasteiger partial charge in [0.15, 0.2) is 0 Å². The first-order chi connectivity index (χ1) is 10.1. The van der Waals surface area contributed by atoms with Crippen LogP contribution in [0.5, 0.6) is 0 Å². The Morgan fingerprint density at radius 3 is 2.86 bits per heavy atom. The molecule has 0 aliphatic heterocycles. The molecule has 112 valence electrons. The van der Waals surface area contributed by atoms with Crippen LogP contribution in [-0.4, -0.2) is 11.5 Å². The number of nitrogens with zero attached hydrogens (tertiary/aromatic N) is 1. The van der Waals surface area contributed by atoms with E-state index in [-0.39, 0.29) is 6.04 Å². The molecule has 4 heteroatoms. The van der Waals surface area contributed by atoms with Crippen LogP contribution in [0.15, 0.2) is 36.7 Å². The number of halogens is 2. The summed E-state index contributed by atoms with van der Waals surface area (Å²) < 4.78 is 1.33. The molecule has 0 aliphatic carbocycles. The van der Waals surface area contributed by atoms with Crippen molar-refractivity contribution in [2.24, 2.45) is 0 Å². The second kappa shape index (κ2) is 8.11. The van der Waals surface area contributed by atoms with Gasteiger partial charge in [-0.05, 0) is 71.7 Å². The van der Waals surface area contributed by atoms with Gasteiger partial charge < -0.3 is 5.32 Å². The summed E-state index contributed by atoms with van der Waals surface area (Å²) in [5, 5.41) is 4.38. The van der Waals surface area contributed by atoms with E-state index in [1.54, 1.807) is 12.4 Å². The van der Waals surface area contributed by atoms with Crippen LogP contribution in [0.1, 0.15) is 36.1 Å². The minimum Gasteiger partial charge on any atom is -0.310 e. The fourth-order valence-corrected chi connectivity index (χ4v) is 3.27. The SMILES string of the molecule is CCCNC(Cc1ccncc1Cl)c1cccc(C)c1I. The zero-order valence-electron chi connectivity index (χ0n) is 12.4. The summed E-state index contributed by atoms with van der Waals surface area (Å²) in [4.78, 5) is 4.06. The fourth-order valence-electron chi connectivity index (χ4n) is 2.34. The lowest BCUT2D eigenvalue weighted by Gasteiger charge is -2.22. The molecule has 0 aliphatic rings. The lowest BCUT2D eigenvalue weighted by atomic mass is 9.98. The average molecular weight is 415 g/mol. The van der Waals surface area contributed by atoms with Crippen molar-refractivity contribution in [1.29, 1.82) is 0 Å². The van der Waals surface area contributed by atoms with E-state index < -0.39 is 0 Å². The van der Waals surface area contributed by atoms with Gasteiger partial charge in [0.05, 0.1) is 5.02 Å². The summed E-state index contributed by atoms with van der Waals surface area (Å²) in [6.07, 6.45) is 5.51. The van der Waals surface area contributed by atoms with Crippen molar-refractivity contribution in [1.82, 2.24) is 10.3 Å². The van der Waals surface area contributed by atoms with E-state index in [1.165, 1.54) is 14.7 Å². The van der Waals surface area contributed by atoms with Crippen LogP contribution in [0.3, 0.4) is 0 Å². The Bertz CT molecular complexity index is 601. The van der Waals surface area contributed by atoms with Gasteiger partial charge in [-0.15, -0.1) is 0 Å². The van der Waals surface area contributed by atoms with Crippen molar-refractivity contribution in [2.45, 2.75) is 32.7 Å². The van der Waals surface area contributed by atoms with E-state index in [1.807, 2.05) is 6.07 Å². The largest absolute Gasteiger partial charge is 0.310 e. The number of rotatable bonds is 6. The molecule has 2 aromatic rings. The molecule has 0 saturated heterocycles. The van der Waals surface area contributed by atoms with E-state index in [2.05, 4.69) is 64.9 Å². The quantitative estimate of drug-likeness (QED) is 0.678. The maximum Gasteiger partial charge on any atom is 0.0622 e. The Morgan fingerprint density at radius 1 is 1.33 bits per heavy atom. The summed E-state index contributed by atoms with van der Waals surface area (Å²) in [6.45, 7) is 5.34. The Morgan fingerprint density at radius 2 is 2.14 bits per heavy atom. The van der Waals surface area contributed by atoms with E-state index in [0.29, 0.717) is 0 Å². The molecule has 2 nitrogen and oxygen atoms in total. The number of benzene rings is 1. The third kappa shape index (κ3) is 4.41. The maximum absolute atomic E-state index is 6.27. The molecule has 1 unspecified atom stereocenters. The van der Waals surface area contributed by atoms with Crippen molar-refractivity contribution >= 4 is 34.2 Å². The molecule has 2 rings (SSSR count). The van der Waals surface area contributed by atoms with Crippen molar-refractivity contribution in [2.75, 3.05) is 6.54 Å². The lowest BCUT2D eigenvalue weighted by Crippen LogP contribution is -2.25. The molecule has 1 N–H and O–H groups in total. The molecule has 1 aromatic carbocycles. The second-order valence-electron chi connectivity index (χ2n) is 5.16. The first-order valence-corrected chi connectivity index (χ1v) is 8.66. The topological polar surface area (TPSA) is 24.9 Å². The van der Waals surface area contributed by atoms with Gasteiger partial charge in [0.1, 0.15) is 0 Å². The van der Waals surface area contributed by atoms with Crippen LogP contribution < -0.4 is 5.32 Å². The van der Waals surface area contributed by atoms with E-state index >= 15 is 0 Å². The monoisotopic (exact) mass is 414 g/mol. The summed E-state index contributed by atoms with van der Waals surface area (Å²) >= 11 is 8.71. The maximum atomic E-state index is 6.27. The Balaban J connectivity index is 2.30. The van der Waals surface area contributed by atoms with Crippen LogP contribution in [0.4, 0.5) is 0 Å². The third-order valence-electron chi connectivity index (χ3n) is 3.52. The number of pyridine rings is 1. The second-order valence-corrected chi connectivity index (χ2v) is 6.64. The molecule has 0 radical (unpaired) electrons. The highest BCUT2D eigenvalue weighted by Gasteiger charge is 2.16. The number of aromatic nitrogens is 1. The molecule has 1 atom stereocenters. The fraction of sp³-hybridized carbons (Fsp3) is 0.353. The van der Waals surface area contributed by atoms with E-state index in [9.17, 15) is 0 Å². The highest BCUT2D eigenvalue weighted by Crippen LogP contribution is 2.27. The smallest absolute Gasteiger partial charge is 0.0622 e. The van der Waals surface area contributed by atoms with Gasteiger partial charge in [-0.2, -0.15) is 0 Å². The summed E-state index contributed by atoms with van der Waals surface area (Å²) in [5.74, 6) is 0. The number of hydrogen-bond acceptors (Lipinski definition) is 2. The predicted octanol–water partition coefficient (Wildman–Crippen LogP) is 4.93. The summed E-state index contributed by atoms with van der Waals surface area (Å²) in [7, 11) is 0. The number of hydrogen-bond donors (Lipinski definition) is 1. The number of aryl methyl sites for hydroxylation is 1. The Labute approximate surface area is 145 Å². The van der Waals surface area contributed by atoms with Gasteiger partial charge in [0.25, 0.3) is 0 Å². The van der Waals surface area contributed by atoms with Crippen LogP contribution in [0.25, 0.3) is 0 Å². The summed E-state index contributed by atoms with van der Waals surface area (Å²) in [5.41, 5.74) is 3.80. The molecule has 0 spiro atoms. The molecule has 1 heterocycles. The molecule has 0 bridgehead atoms. The zero-order valence-corrected chi connectivity index (χ0v) is 15.3. The van der Waals surface area contributed by atoms with Crippen LogP contribution in [0.2, 0.25) is 5.02 Å². The summed E-state index contributed by atoms with van der Waals surface area (Å²) in [6, 6.07) is 8.77. The third-order valence-corrected chi connectivity index (χ3v) is 5.33. The van der Waals surface area contributed by atoms with Crippen molar-refractivity contribution in [3.8, 4) is 0 Å². The highest BCUT2D eigenvalue weighted by atomic mass is 127. The van der Waals surface area contributed by atoms with Gasteiger partial charge in [0.2, 0.25) is 0 Å². The normalized spacial score (nSPS) is 12.4. The molecule has 0 fully saturated rings.